The molecule has 0 bridgehead atoms. The molecule has 2 fully saturated rings. The number of hydrogen-bond acceptors (Lipinski definition) is 5. The van der Waals surface area contributed by atoms with Gasteiger partial charge in [-0.15, -0.1) is 0 Å². The molecule has 3 aliphatic heterocycles. The van der Waals surface area contributed by atoms with Crippen molar-refractivity contribution < 1.29 is 13.6 Å². The van der Waals surface area contributed by atoms with Crippen molar-refractivity contribution in [3.8, 4) is 0 Å². The molecule has 37 heavy (non-hydrogen) atoms. The Kier molecular flexibility index (Phi) is 8.31. The number of nitrogens with one attached hydrogen (secondary N) is 1. The van der Waals surface area contributed by atoms with E-state index in [-0.39, 0.29) is 25.2 Å². The molecule has 2 saturated heterocycles. The molecule has 2 atom stereocenters. The molecule has 6 nitrogen and oxygen atoms in total. The van der Waals surface area contributed by atoms with Gasteiger partial charge >= 0.3 is 0 Å². The van der Waals surface area contributed by atoms with Crippen LogP contribution in [0.1, 0.15) is 57.9 Å². The van der Waals surface area contributed by atoms with Gasteiger partial charge in [-0.2, -0.15) is 0 Å². The van der Waals surface area contributed by atoms with Crippen molar-refractivity contribution in [3.63, 3.8) is 0 Å². The number of carbonyl (C=O) groups is 1. The third-order valence-corrected chi connectivity index (χ3v) is 7.93. The number of likely N-dealkylation sites (tertiary alicyclic amines) is 1. The molecule has 3 aliphatic rings. The van der Waals surface area contributed by atoms with Gasteiger partial charge in [-0.25, -0.2) is 8.78 Å². The molecule has 0 spiro atoms. The number of benzene rings is 1. The zero-order valence-electron chi connectivity index (χ0n) is 21.6. The van der Waals surface area contributed by atoms with Crippen molar-refractivity contribution in [2.75, 3.05) is 50.7 Å². The normalized spacial score (nSPS) is 23.6. The number of pyridine rings is 1. The number of amides is 1. The molecule has 8 heteroatoms. The van der Waals surface area contributed by atoms with Crippen LogP contribution in [-0.2, 0) is 16.6 Å². The van der Waals surface area contributed by atoms with Crippen LogP contribution in [0.4, 0.5) is 14.5 Å². The van der Waals surface area contributed by atoms with Crippen molar-refractivity contribution in [3.05, 3.63) is 58.9 Å². The number of aromatic nitrogens is 1. The standard InChI is InChI=1S/C28H37F2N5O.CH4/c1-19-15-34(23(13-31-19)16-33-8-4-5-9-33)17-27(36)35-18-28(2,3)24-14-32-22(12-26(24)35)10-20-6-7-21(29)11-25(20)30;/h6-7,11-12,14,19,23,31H,4-5,8-10,13,15-18H2,1-3H3;1H4/t19-,23-;/m1./s1. The predicted molar refractivity (Wildman–Crippen MR) is 144 cm³/mol. The van der Waals surface area contributed by atoms with Crippen LogP contribution in [-0.4, -0.2) is 78.6 Å². The van der Waals surface area contributed by atoms with E-state index in [9.17, 15) is 13.6 Å². The fraction of sp³-hybridized carbons (Fsp3) is 0.586. The smallest absolute Gasteiger partial charge is 0.241 e. The van der Waals surface area contributed by atoms with E-state index in [4.69, 9.17) is 0 Å². The topological polar surface area (TPSA) is 51.7 Å². The molecule has 0 saturated carbocycles. The lowest BCUT2D eigenvalue weighted by Crippen LogP contribution is -2.60. The Morgan fingerprint density at radius 1 is 1.19 bits per heavy atom. The SMILES string of the molecule is C.C[C@@H]1CN(CC(=O)N2CC(C)(C)c3cnc(Cc4ccc(F)cc4F)cc32)[C@@H](CN2CCCC2)CN1. The fourth-order valence-corrected chi connectivity index (χ4v) is 5.90. The first-order valence-electron chi connectivity index (χ1n) is 13.1. The van der Waals surface area contributed by atoms with Gasteiger partial charge in [0.15, 0.2) is 0 Å². The van der Waals surface area contributed by atoms with Gasteiger partial charge in [0, 0.05) is 73.6 Å². The quantitative estimate of drug-likeness (QED) is 0.634. The Balaban J connectivity index is 0.00000320. The minimum atomic E-state index is -0.595. The second-order valence-electron chi connectivity index (χ2n) is 11.4. The maximum Gasteiger partial charge on any atom is 0.241 e. The number of halogens is 2. The molecule has 2 aromatic rings. The maximum atomic E-state index is 14.3. The lowest BCUT2D eigenvalue weighted by Gasteiger charge is -2.41. The molecular formula is C29H41F2N5O. The van der Waals surface area contributed by atoms with Crippen molar-refractivity contribution in [2.24, 2.45) is 0 Å². The molecule has 1 aromatic heterocycles. The molecule has 5 rings (SSSR count). The lowest BCUT2D eigenvalue weighted by atomic mass is 9.88. The molecular weight excluding hydrogens is 472 g/mol. The molecule has 0 unspecified atom stereocenters. The highest BCUT2D eigenvalue weighted by atomic mass is 19.1. The van der Waals surface area contributed by atoms with Gasteiger partial charge in [0.2, 0.25) is 5.91 Å². The highest BCUT2D eigenvalue weighted by molar-refractivity contribution is 5.97. The van der Waals surface area contributed by atoms with Crippen LogP contribution in [0, 0.1) is 11.6 Å². The summed E-state index contributed by atoms with van der Waals surface area (Å²) in [7, 11) is 0. The first-order valence-corrected chi connectivity index (χ1v) is 13.1. The van der Waals surface area contributed by atoms with Crippen LogP contribution in [0.5, 0.6) is 0 Å². The van der Waals surface area contributed by atoms with Crippen molar-refractivity contribution in [1.29, 1.82) is 0 Å². The number of rotatable bonds is 6. The minimum absolute atomic E-state index is 0. The number of nitrogens with zero attached hydrogens (tertiary/aromatic N) is 4. The van der Waals surface area contributed by atoms with E-state index in [0.29, 0.717) is 36.4 Å². The van der Waals surface area contributed by atoms with Gasteiger partial charge in [-0.05, 0) is 50.6 Å². The van der Waals surface area contributed by atoms with Crippen LogP contribution >= 0.6 is 0 Å². The molecule has 1 N–H and O–H groups in total. The van der Waals surface area contributed by atoms with E-state index >= 15 is 0 Å². The lowest BCUT2D eigenvalue weighted by molar-refractivity contribution is -0.120. The summed E-state index contributed by atoms with van der Waals surface area (Å²) < 4.78 is 27.6. The predicted octanol–water partition coefficient (Wildman–Crippen LogP) is 3.97. The van der Waals surface area contributed by atoms with Crippen molar-refractivity contribution in [2.45, 2.75) is 65.0 Å². The summed E-state index contributed by atoms with van der Waals surface area (Å²) in [5.74, 6) is -1.09. The molecule has 202 valence electrons. The Labute approximate surface area is 220 Å². The van der Waals surface area contributed by atoms with Gasteiger partial charge in [0.25, 0.3) is 0 Å². The first kappa shape index (κ1) is 27.6. The Bertz CT molecular complexity index is 1120. The van der Waals surface area contributed by atoms with E-state index in [1.165, 1.54) is 25.0 Å². The summed E-state index contributed by atoms with van der Waals surface area (Å²) in [6, 6.07) is 6.18. The number of piperazine rings is 1. The third-order valence-electron chi connectivity index (χ3n) is 7.93. The summed E-state index contributed by atoms with van der Waals surface area (Å²) in [5, 5.41) is 3.59. The van der Waals surface area contributed by atoms with Crippen molar-refractivity contribution in [1.82, 2.24) is 20.1 Å². The molecule has 1 amide bonds. The number of fused-ring (bicyclic) bond motifs is 1. The van der Waals surface area contributed by atoms with E-state index in [1.54, 1.807) is 0 Å². The molecule has 1 aromatic carbocycles. The summed E-state index contributed by atoms with van der Waals surface area (Å²) >= 11 is 0. The zero-order chi connectivity index (χ0) is 25.4. The van der Waals surface area contributed by atoms with Crippen LogP contribution in [0.25, 0.3) is 0 Å². The average molecular weight is 514 g/mol. The van der Waals surface area contributed by atoms with E-state index < -0.39 is 11.6 Å². The number of hydrogen-bond donors (Lipinski definition) is 1. The highest BCUT2D eigenvalue weighted by Crippen LogP contribution is 2.40. The average Bonchev–Trinajstić information content (AvgIpc) is 3.43. The first-order chi connectivity index (χ1) is 17.2. The van der Waals surface area contributed by atoms with Crippen LogP contribution in [0.3, 0.4) is 0 Å². The van der Waals surface area contributed by atoms with E-state index in [0.717, 1.165) is 50.0 Å². The van der Waals surface area contributed by atoms with E-state index in [1.807, 2.05) is 17.2 Å². The monoisotopic (exact) mass is 513 g/mol. The van der Waals surface area contributed by atoms with Crippen LogP contribution < -0.4 is 10.2 Å². The largest absolute Gasteiger partial charge is 0.311 e. The van der Waals surface area contributed by atoms with Gasteiger partial charge in [-0.3, -0.25) is 14.7 Å². The van der Waals surface area contributed by atoms with Gasteiger partial charge in [0.05, 0.1) is 12.2 Å². The fourth-order valence-electron chi connectivity index (χ4n) is 5.90. The summed E-state index contributed by atoms with van der Waals surface area (Å²) in [4.78, 5) is 25.1. The van der Waals surface area contributed by atoms with E-state index in [2.05, 4.69) is 40.9 Å². The summed E-state index contributed by atoms with van der Waals surface area (Å²) in [5.41, 5.74) is 2.72. The second-order valence-corrected chi connectivity index (χ2v) is 11.4. The van der Waals surface area contributed by atoms with Gasteiger partial charge in [-0.1, -0.05) is 27.3 Å². The van der Waals surface area contributed by atoms with Gasteiger partial charge < -0.3 is 15.1 Å². The van der Waals surface area contributed by atoms with Crippen molar-refractivity contribution >= 4 is 11.6 Å². The Morgan fingerprint density at radius 3 is 2.68 bits per heavy atom. The van der Waals surface area contributed by atoms with Gasteiger partial charge in [0.1, 0.15) is 11.6 Å². The molecule has 0 aliphatic carbocycles. The maximum absolute atomic E-state index is 14.3. The molecule has 4 heterocycles. The second kappa shape index (κ2) is 11.1. The molecule has 0 radical (unpaired) electrons. The Morgan fingerprint density at radius 2 is 1.95 bits per heavy atom. The van der Waals surface area contributed by atoms with Crippen LogP contribution in [0.2, 0.25) is 0 Å². The number of anilines is 1. The third kappa shape index (κ3) is 6.02. The summed E-state index contributed by atoms with van der Waals surface area (Å²) in [6.07, 6.45) is 4.58. The zero-order valence-corrected chi connectivity index (χ0v) is 21.6. The Hall–Kier alpha value is -2.42. The highest BCUT2D eigenvalue weighted by Gasteiger charge is 2.40. The summed E-state index contributed by atoms with van der Waals surface area (Å²) in [6.45, 7) is 12.4. The number of carbonyl (C=O) groups excluding carboxylic acids is 1. The minimum Gasteiger partial charge on any atom is -0.311 e. The van der Waals surface area contributed by atoms with Crippen LogP contribution in [0.15, 0.2) is 30.5 Å².